The monoisotopic (exact) mass is 779 g/mol. The Bertz CT molecular complexity index is 2180. The highest BCUT2D eigenvalue weighted by Crippen LogP contribution is 2.38. The summed E-state index contributed by atoms with van der Waals surface area (Å²) >= 11 is 0. The van der Waals surface area contributed by atoms with Crippen LogP contribution in [-0.4, -0.2) is 83.1 Å². The van der Waals surface area contributed by atoms with E-state index >= 15 is 0 Å². The average molecular weight is 780 g/mol. The van der Waals surface area contributed by atoms with Gasteiger partial charge < -0.3 is 18.8 Å². The van der Waals surface area contributed by atoms with Gasteiger partial charge in [0.2, 0.25) is 17.8 Å². The number of alkyl halides is 3. The molecule has 2 fully saturated rings. The number of halogens is 4. The highest BCUT2D eigenvalue weighted by Gasteiger charge is 2.44. The molecule has 1 saturated carbocycles. The first-order chi connectivity index (χ1) is 26.9. The van der Waals surface area contributed by atoms with Crippen LogP contribution in [0.2, 0.25) is 0 Å². The van der Waals surface area contributed by atoms with Gasteiger partial charge in [-0.2, -0.15) is 13.2 Å². The molecule has 0 spiro atoms. The number of imide groups is 2. The summed E-state index contributed by atoms with van der Waals surface area (Å²) in [6, 6.07) is 11.6. The number of piperidine rings is 1. The maximum Gasteiger partial charge on any atom is 0.416 e. The second kappa shape index (κ2) is 16.2. The molecule has 2 N–H and O–H groups in total. The molecule has 1 saturated heterocycles. The van der Waals surface area contributed by atoms with Gasteiger partial charge >= 0.3 is 6.18 Å². The summed E-state index contributed by atoms with van der Waals surface area (Å²) in [5.41, 5.74) is 0.0676. The first kappa shape index (κ1) is 38.6. The van der Waals surface area contributed by atoms with Crippen molar-refractivity contribution in [3.05, 3.63) is 88.7 Å². The van der Waals surface area contributed by atoms with Gasteiger partial charge in [-0.3, -0.25) is 39.5 Å². The minimum atomic E-state index is -4.61. The molecule has 17 heteroatoms. The second-order valence-corrected chi connectivity index (χ2v) is 13.8. The lowest BCUT2D eigenvalue weighted by atomic mass is 9.86. The normalized spacial score (nSPS) is 20.0. The van der Waals surface area contributed by atoms with Crippen LogP contribution in [0.15, 0.2) is 60.7 Å². The smallest absolute Gasteiger partial charge is 0.416 e. The predicted octanol–water partition coefficient (Wildman–Crippen LogP) is 5.69. The van der Waals surface area contributed by atoms with E-state index in [4.69, 9.17) is 14.2 Å². The number of aromatic nitrogens is 2. The Kier molecular flexibility index (Phi) is 11.2. The predicted molar refractivity (Wildman–Crippen MR) is 190 cm³/mol. The summed E-state index contributed by atoms with van der Waals surface area (Å²) in [7, 11) is 0. The van der Waals surface area contributed by atoms with Gasteiger partial charge in [0.15, 0.2) is 0 Å². The van der Waals surface area contributed by atoms with Crippen molar-refractivity contribution in [2.24, 2.45) is 5.92 Å². The lowest BCUT2D eigenvalue weighted by Crippen LogP contribution is -2.54. The Hall–Kier alpha value is -5.68. The molecule has 7 rings (SSSR count). The summed E-state index contributed by atoms with van der Waals surface area (Å²) in [6.07, 6.45) is -1.52. The van der Waals surface area contributed by atoms with Crippen LogP contribution in [0.1, 0.15) is 81.2 Å². The fourth-order valence-electron chi connectivity index (χ4n) is 7.34. The molecule has 3 aromatic carbocycles. The Labute approximate surface area is 317 Å². The van der Waals surface area contributed by atoms with Gasteiger partial charge in [0.05, 0.1) is 47.5 Å². The van der Waals surface area contributed by atoms with Crippen molar-refractivity contribution in [2.75, 3.05) is 38.4 Å². The zero-order valence-electron chi connectivity index (χ0n) is 29.9. The summed E-state index contributed by atoms with van der Waals surface area (Å²) in [5.74, 6) is -2.87. The number of ether oxygens (including phenoxy) is 3. The fraction of sp³-hybridized carbons (Fsp3) is 0.385. The number of nitrogens with zero attached hydrogens (tertiary/aromatic N) is 3. The number of nitrogens with one attached hydrogen (secondary N) is 2. The zero-order valence-corrected chi connectivity index (χ0v) is 29.9. The number of carbonyl (C=O) groups is 5. The molecule has 1 unspecified atom stereocenters. The first-order valence-electron chi connectivity index (χ1n) is 18.2. The van der Waals surface area contributed by atoms with Crippen LogP contribution in [-0.2, 0) is 25.2 Å². The number of anilines is 1. The molecule has 4 aromatic rings. The van der Waals surface area contributed by atoms with E-state index in [0.29, 0.717) is 49.4 Å². The van der Waals surface area contributed by atoms with Crippen LogP contribution in [0.25, 0.3) is 11.0 Å². The Balaban J connectivity index is 0.843. The van der Waals surface area contributed by atoms with Gasteiger partial charge in [-0.25, -0.2) is 9.37 Å². The molecule has 0 radical (unpaired) electrons. The van der Waals surface area contributed by atoms with Crippen molar-refractivity contribution in [3.8, 4) is 5.75 Å². The number of amides is 5. The quantitative estimate of drug-likeness (QED) is 0.0989. The largest absolute Gasteiger partial charge is 0.491 e. The van der Waals surface area contributed by atoms with E-state index in [1.54, 1.807) is 12.1 Å². The number of benzene rings is 3. The third kappa shape index (κ3) is 8.28. The molecule has 56 heavy (non-hydrogen) atoms. The van der Waals surface area contributed by atoms with Crippen LogP contribution in [0, 0.1) is 11.7 Å². The Morgan fingerprint density at radius 3 is 2.38 bits per heavy atom. The SMILES string of the molecule is O=C1CCC(N2C(=O)c3ccc(OCCOCCOC[C@H]4CC[C@@H](n5c(NC(=O)c6cccc(C(F)(F)F)c6)nc6cc(F)ccc65)CC4)cc3C2=O)C(=O)N1. The molecule has 294 valence electrons. The summed E-state index contributed by atoms with van der Waals surface area (Å²) in [6.45, 7) is 1.55. The number of carbonyl (C=O) groups excluding carboxylic acids is 5. The molecule has 1 atom stereocenters. The second-order valence-electron chi connectivity index (χ2n) is 13.8. The molecule has 1 aliphatic carbocycles. The Morgan fingerprint density at radius 1 is 0.857 bits per heavy atom. The van der Waals surface area contributed by atoms with E-state index in [9.17, 15) is 41.5 Å². The van der Waals surface area contributed by atoms with Crippen LogP contribution >= 0.6 is 0 Å². The third-order valence-corrected chi connectivity index (χ3v) is 10.1. The van der Waals surface area contributed by atoms with Crippen LogP contribution in [0.4, 0.5) is 23.5 Å². The van der Waals surface area contributed by atoms with Gasteiger partial charge in [0.1, 0.15) is 24.2 Å². The third-order valence-electron chi connectivity index (χ3n) is 10.1. The van der Waals surface area contributed by atoms with E-state index in [2.05, 4.69) is 15.6 Å². The highest BCUT2D eigenvalue weighted by atomic mass is 19.4. The molecule has 1 aromatic heterocycles. The van der Waals surface area contributed by atoms with Gasteiger partial charge in [0.25, 0.3) is 17.7 Å². The van der Waals surface area contributed by atoms with Crippen molar-refractivity contribution >= 4 is 46.5 Å². The molecule has 13 nitrogen and oxygen atoms in total. The summed E-state index contributed by atoms with van der Waals surface area (Å²) in [4.78, 5) is 68.1. The van der Waals surface area contributed by atoms with Crippen molar-refractivity contribution < 1.29 is 55.7 Å². The summed E-state index contributed by atoms with van der Waals surface area (Å²) in [5, 5.41) is 4.82. The number of rotatable bonds is 13. The van der Waals surface area contributed by atoms with Crippen LogP contribution in [0.3, 0.4) is 0 Å². The maximum absolute atomic E-state index is 14.1. The average Bonchev–Trinajstić information content (AvgIpc) is 3.64. The van der Waals surface area contributed by atoms with Crippen molar-refractivity contribution in [1.82, 2.24) is 19.8 Å². The van der Waals surface area contributed by atoms with Crippen molar-refractivity contribution in [2.45, 2.75) is 56.8 Å². The molecule has 3 aliphatic rings. The summed E-state index contributed by atoms with van der Waals surface area (Å²) < 4.78 is 72.9. The fourth-order valence-corrected chi connectivity index (χ4v) is 7.34. The molecule has 3 heterocycles. The van der Waals surface area contributed by atoms with Gasteiger partial charge in [0, 0.05) is 30.7 Å². The Morgan fingerprint density at radius 2 is 1.61 bits per heavy atom. The van der Waals surface area contributed by atoms with Crippen LogP contribution < -0.4 is 15.4 Å². The highest BCUT2D eigenvalue weighted by molar-refractivity contribution is 6.23. The topological polar surface area (TPSA) is 158 Å². The minimum Gasteiger partial charge on any atom is -0.491 e. The van der Waals surface area contributed by atoms with Gasteiger partial charge in [-0.1, -0.05) is 6.07 Å². The van der Waals surface area contributed by atoms with E-state index in [1.807, 2.05) is 4.57 Å². The first-order valence-corrected chi connectivity index (χ1v) is 18.2. The van der Waals surface area contributed by atoms with Crippen molar-refractivity contribution in [3.63, 3.8) is 0 Å². The lowest BCUT2D eigenvalue weighted by molar-refractivity contribution is -0.138. The number of imidazole rings is 1. The maximum atomic E-state index is 14.1. The van der Waals surface area contributed by atoms with E-state index in [1.165, 1.54) is 30.3 Å². The minimum absolute atomic E-state index is 0.0328. The number of hydrogen-bond acceptors (Lipinski definition) is 9. The molecule has 0 bridgehead atoms. The number of hydrogen-bond donors (Lipinski definition) is 2. The van der Waals surface area contributed by atoms with Crippen LogP contribution in [0.5, 0.6) is 5.75 Å². The lowest BCUT2D eigenvalue weighted by Gasteiger charge is -2.30. The zero-order chi connectivity index (χ0) is 39.6. The molecule has 2 aliphatic heterocycles. The molecular weight excluding hydrogens is 742 g/mol. The molecule has 5 amide bonds. The number of fused-ring (bicyclic) bond motifs is 2. The van der Waals surface area contributed by atoms with E-state index in [0.717, 1.165) is 35.9 Å². The van der Waals surface area contributed by atoms with Crippen molar-refractivity contribution in [1.29, 1.82) is 0 Å². The van der Waals surface area contributed by atoms with E-state index < -0.39 is 53.1 Å². The standard InChI is InChI=1S/C39H37F4N5O8/c40-25-6-11-31-30(19-25)44-38(46-34(50)23-2-1-3-24(18-23)39(41,42)43)47(31)26-7-4-22(5-8-26)21-55-15-14-54-16-17-56-27-9-10-28-29(20-27)37(53)48(36(28)52)32-12-13-33(49)45-35(32)51/h1-3,6,9-11,18-20,22,26,32H,4-5,7-8,12-17,21H2,(H,44,46,50)(H,45,49,51)/t22-,26+,32?. The van der Waals surface area contributed by atoms with Gasteiger partial charge in [-0.15, -0.1) is 0 Å². The van der Waals surface area contributed by atoms with Gasteiger partial charge in [-0.05, 0) is 86.6 Å². The molecular formula is C39H37F4N5O8. The van der Waals surface area contributed by atoms with E-state index in [-0.39, 0.29) is 60.7 Å².